The molecule has 0 saturated heterocycles. The second-order valence-electron chi connectivity index (χ2n) is 0. The number of rotatable bonds is 0. The molecule has 0 saturated carbocycles. The maximum atomic E-state index is 9.50. The Bertz CT molecular complexity index is 6.85. The molecule has 0 aromatic carbocycles. The van der Waals surface area contributed by atoms with Crippen LogP contribution in [-0.2, 0) is 0 Å². The Morgan fingerprint density at radius 3 is 1.20 bits per heavy atom. The molecule has 0 fully saturated rings. The third-order valence-electron chi connectivity index (χ3n) is 0. The first kappa shape index (κ1) is 15.7. The SMILES string of the molecule is [LiH].[Li][Br].[Li][F]. The first-order chi connectivity index (χ1) is 2.00. The van der Waals surface area contributed by atoms with Crippen LogP contribution in [0.4, 0.5) is 3.38 Å². The van der Waals surface area contributed by atoms with Gasteiger partial charge in [0.2, 0.25) is 0 Å². The molecule has 0 aliphatic rings. The Morgan fingerprint density at radius 2 is 1.20 bits per heavy atom. The van der Waals surface area contributed by atoms with E-state index in [9.17, 15) is 3.38 Å². The van der Waals surface area contributed by atoms with E-state index in [0.29, 0.717) is 18.2 Å². The molecule has 0 N–H and O–H groups in total. The van der Waals surface area contributed by atoms with Crippen LogP contribution in [0.5, 0.6) is 0 Å². The van der Waals surface area contributed by atoms with Crippen molar-refractivity contribution in [3.8, 4) is 0 Å². The Kier molecular flexibility index (Phi) is 109. The minimum atomic E-state index is 0. The summed E-state index contributed by atoms with van der Waals surface area (Å²) in [6.07, 6.45) is 0. The summed E-state index contributed by atoms with van der Waals surface area (Å²) >= 11 is 5.25. The van der Waals surface area contributed by atoms with Crippen molar-refractivity contribution in [3.05, 3.63) is 0 Å². The molecule has 0 bridgehead atoms. The second-order valence-corrected chi connectivity index (χ2v) is 0. The molecule has 0 heterocycles. The molecule has 0 spiro atoms. The predicted octanol–water partition coefficient (Wildman–Crippen LogP) is -0.144. The molecule has 0 aliphatic carbocycles. The first-order valence-corrected chi connectivity index (χ1v) is 2.34. The average Bonchev–Trinajstić information content (AvgIpc) is 1.50. The van der Waals surface area contributed by atoms with Gasteiger partial charge < -0.3 is 0 Å². The molecule has 18 valence electrons. The van der Waals surface area contributed by atoms with Crippen LogP contribution < -0.4 is 0 Å². The monoisotopic (exact) mass is 120 g/mol. The van der Waals surface area contributed by atoms with Gasteiger partial charge >= 0.3 is 70.0 Å². The predicted molar refractivity (Wildman–Crippen MR) is 28.7 cm³/mol. The zero-order valence-corrected chi connectivity index (χ0v) is 4.34. The molecular formula is HBrFLi3. The topological polar surface area (TPSA) is 0 Å². The fourth-order valence-corrected chi connectivity index (χ4v) is 0. The summed E-state index contributed by atoms with van der Waals surface area (Å²) in [4.78, 5) is 0. The van der Waals surface area contributed by atoms with Crippen LogP contribution in [0.1, 0.15) is 0 Å². The van der Waals surface area contributed by atoms with Gasteiger partial charge in [-0.05, 0) is 0 Å². The average molecular weight is 121 g/mol. The zero-order valence-electron chi connectivity index (χ0n) is 2.76. The molecule has 5 heteroatoms. The van der Waals surface area contributed by atoms with Gasteiger partial charge in [0.1, 0.15) is 0 Å². The molecule has 0 aliphatic heterocycles. The Morgan fingerprint density at radius 1 is 1.20 bits per heavy atom. The van der Waals surface area contributed by atoms with Crippen molar-refractivity contribution < 1.29 is 3.38 Å². The molecule has 5 heavy (non-hydrogen) atoms. The molecular weight excluding hydrogens is 120 g/mol. The summed E-state index contributed by atoms with van der Waals surface area (Å²) in [6.45, 7) is 0. The van der Waals surface area contributed by atoms with Crippen molar-refractivity contribution in [3.63, 3.8) is 0 Å². The maximum absolute atomic E-state index is 9.50. The van der Waals surface area contributed by atoms with Crippen LogP contribution in [0.2, 0.25) is 0 Å². The van der Waals surface area contributed by atoms with Crippen LogP contribution in [-0.4, -0.2) is 52.9 Å². The Labute approximate surface area is 69.2 Å². The van der Waals surface area contributed by atoms with Crippen molar-refractivity contribution in [2.75, 3.05) is 0 Å². The van der Waals surface area contributed by atoms with Gasteiger partial charge in [0.05, 0.1) is 0 Å². The van der Waals surface area contributed by atoms with Crippen molar-refractivity contribution >= 4 is 66.6 Å². The van der Waals surface area contributed by atoms with E-state index in [1.165, 1.54) is 0 Å². The third kappa shape index (κ3) is 22.6. The molecule has 0 nitrogen and oxygen atoms in total. The van der Waals surface area contributed by atoms with Gasteiger partial charge in [-0.1, -0.05) is 0 Å². The van der Waals surface area contributed by atoms with Crippen LogP contribution in [0.25, 0.3) is 0 Å². The van der Waals surface area contributed by atoms with Crippen molar-refractivity contribution in [2.45, 2.75) is 0 Å². The summed E-state index contributed by atoms with van der Waals surface area (Å²) in [5.41, 5.74) is 0. The Hall–Kier alpha value is 2.20. The minimum absolute atomic E-state index is 0. The van der Waals surface area contributed by atoms with E-state index in [0.717, 1.165) is 0 Å². The van der Waals surface area contributed by atoms with E-state index in [2.05, 4.69) is 13.7 Å². The van der Waals surface area contributed by atoms with Crippen LogP contribution in [0.15, 0.2) is 0 Å². The molecule has 0 aromatic rings. The zero-order chi connectivity index (χ0) is 4.00. The van der Waals surface area contributed by atoms with Gasteiger partial charge in [0.25, 0.3) is 0 Å². The van der Waals surface area contributed by atoms with E-state index in [-0.39, 0.29) is 18.9 Å². The summed E-state index contributed by atoms with van der Waals surface area (Å²) in [7, 11) is 0. The molecule has 0 aromatic heterocycles. The van der Waals surface area contributed by atoms with E-state index in [4.69, 9.17) is 0 Å². The second kappa shape index (κ2) is 34.6. The fraction of sp³-hybridized carbons (Fsp3) is 0. The Balaban J connectivity index is -0.0000000133. The van der Waals surface area contributed by atoms with E-state index < -0.39 is 0 Å². The summed E-state index contributed by atoms with van der Waals surface area (Å²) in [5.74, 6) is 0. The van der Waals surface area contributed by atoms with Gasteiger partial charge in [0.15, 0.2) is 0 Å². The fourth-order valence-electron chi connectivity index (χ4n) is 0. The molecule has 0 radical (unpaired) electrons. The molecule has 0 atom stereocenters. The van der Waals surface area contributed by atoms with Gasteiger partial charge in [-0.15, -0.1) is 0 Å². The van der Waals surface area contributed by atoms with Crippen molar-refractivity contribution in [1.29, 1.82) is 0 Å². The van der Waals surface area contributed by atoms with Crippen LogP contribution >= 0.6 is 13.7 Å². The summed E-state index contributed by atoms with van der Waals surface area (Å²) < 4.78 is 9.50. The quantitative estimate of drug-likeness (QED) is 0.391. The van der Waals surface area contributed by atoms with Gasteiger partial charge in [-0.3, -0.25) is 0 Å². The summed E-state index contributed by atoms with van der Waals surface area (Å²) in [6, 6.07) is 0. The molecule has 0 amide bonds. The number of halogens is 2. The van der Waals surface area contributed by atoms with Gasteiger partial charge in [0, 0.05) is 0 Å². The van der Waals surface area contributed by atoms with Gasteiger partial charge in [-0.2, -0.15) is 0 Å². The van der Waals surface area contributed by atoms with E-state index in [1.54, 1.807) is 0 Å². The van der Waals surface area contributed by atoms with E-state index >= 15 is 0 Å². The third-order valence-corrected chi connectivity index (χ3v) is 0. The first-order valence-electron chi connectivity index (χ1n) is 0.756. The van der Waals surface area contributed by atoms with Gasteiger partial charge in [-0.25, -0.2) is 0 Å². The van der Waals surface area contributed by atoms with Crippen molar-refractivity contribution in [1.82, 2.24) is 0 Å². The van der Waals surface area contributed by atoms with Crippen LogP contribution in [0.3, 0.4) is 0 Å². The molecule has 0 unspecified atom stereocenters. The van der Waals surface area contributed by atoms with E-state index in [1.807, 2.05) is 15.8 Å². The van der Waals surface area contributed by atoms with Crippen molar-refractivity contribution in [2.24, 2.45) is 0 Å². The van der Waals surface area contributed by atoms with Crippen LogP contribution in [0, 0.1) is 0 Å². The normalized spacial score (nSPS) is 2.80. The number of hydrogen-bond acceptors (Lipinski definition) is 0. The number of hydrogen-bond donors (Lipinski definition) is 0. The standard InChI is InChI=1S/BrH.FH.3Li.H/h2*1H;;;;/q;;;2*+1;/p-2. The summed E-state index contributed by atoms with van der Waals surface area (Å²) in [5, 5.41) is 0. The molecule has 0 rings (SSSR count).